The van der Waals surface area contributed by atoms with E-state index in [1.165, 1.54) is 0 Å². The summed E-state index contributed by atoms with van der Waals surface area (Å²) in [6.07, 6.45) is 4.89. The molecule has 6 heteroatoms. The van der Waals surface area contributed by atoms with E-state index in [-0.39, 0.29) is 24.5 Å². The van der Waals surface area contributed by atoms with Crippen molar-refractivity contribution in [3.63, 3.8) is 0 Å². The third-order valence-electron chi connectivity index (χ3n) is 5.99. The number of hydrogen-bond donors (Lipinski definition) is 4. The Morgan fingerprint density at radius 3 is 1.36 bits per heavy atom. The van der Waals surface area contributed by atoms with Gasteiger partial charge in [-0.1, -0.05) is 83.9 Å². The van der Waals surface area contributed by atoms with Crippen LogP contribution in [0.15, 0.2) is 60.7 Å². The van der Waals surface area contributed by atoms with E-state index in [0.717, 1.165) is 32.1 Å². The van der Waals surface area contributed by atoms with Crippen LogP contribution in [0.25, 0.3) is 0 Å². The van der Waals surface area contributed by atoms with Gasteiger partial charge in [0.05, 0.1) is 17.2 Å². The molecular formula is C30H46O6. The zero-order valence-corrected chi connectivity index (χ0v) is 22.5. The molecule has 0 radical (unpaired) electrons. The molecule has 0 saturated carbocycles. The van der Waals surface area contributed by atoms with Crippen molar-refractivity contribution in [2.45, 2.75) is 72.8 Å². The van der Waals surface area contributed by atoms with E-state index in [0.29, 0.717) is 23.0 Å². The lowest BCUT2D eigenvalue weighted by Crippen LogP contribution is -2.30. The molecule has 0 aliphatic carbocycles. The highest BCUT2D eigenvalue weighted by Gasteiger charge is 2.26. The Labute approximate surface area is 217 Å². The second-order valence-corrected chi connectivity index (χ2v) is 9.87. The summed E-state index contributed by atoms with van der Waals surface area (Å²) >= 11 is 0. The van der Waals surface area contributed by atoms with Crippen LogP contribution >= 0.6 is 0 Å². The minimum Gasteiger partial charge on any atom is -0.478 e. The molecule has 3 atom stereocenters. The maximum absolute atomic E-state index is 10.2. The van der Waals surface area contributed by atoms with Crippen LogP contribution in [-0.4, -0.2) is 45.1 Å². The summed E-state index contributed by atoms with van der Waals surface area (Å²) in [6.45, 7) is 11.1. The van der Waals surface area contributed by atoms with Crippen molar-refractivity contribution in [1.29, 1.82) is 0 Å². The van der Waals surface area contributed by atoms with Gasteiger partial charge in [-0.15, -0.1) is 0 Å². The van der Waals surface area contributed by atoms with Crippen LogP contribution in [0, 0.1) is 23.7 Å². The van der Waals surface area contributed by atoms with E-state index in [2.05, 4.69) is 27.7 Å². The summed E-state index contributed by atoms with van der Waals surface area (Å²) in [4.78, 5) is 20.4. The Bertz CT molecular complexity index is 770. The largest absolute Gasteiger partial charge is 0.478 e. The van der Waals surface area contributed by atoms with E-state index in [1.54, 1.807) is 60.7 Å². The predicted molar refractivity (Wildman–Crippen MR) is 145 cm³/mol. The van der Waals surface area contributed by atoms with Gasteiger partial charge in [0.2, 0.25) is 0 Å². The van der Waals surface area contributed by atoms with Crippen molar-refractivity contribution in [1.82, 2.24) is 0 Å². The fraction of sp³-hybridized carbons (Fsp3) is 0.533. The summed E-state index contributed by atoms with van der Waals surface area (Å²) in [5, 5.41) is 36.6. The molecule has 2 rings (SSSR count). The van der Waals surface area contributed by atoms with Crippen LogP contribution in [0.2, 0.25) is 0 Å². The highest BCUT2D eigenvalue weighted by molar-refractivity contribution is 5.87. The predicted octanol–water partition coefficient (Wildman–Crippen LogP) is 6.62. The number of carboxylic acids is 2. The van der Waals surface area contributed by atoms with Crippen molar-refractivity contribution < 1.29 is 30.0 Å². The number of benzene rings is 2. The van der Waals surface area contributed by atoms with Gasteiger partial charge in [-0.05, 0) is 67.2 Å². The van der Waals surface area contributed by atoms with Crippen LogP contribution in [0.5, 0.6) is 0 Å². The number of rotatable bonds is 12. The average molecular weight is 503 g/mol. The molecule has 36 heavy (non-hydrogen) atoms. The summed E-state index contributed by atoms with van der Waals surface area (Å²) < 4.78 is 0. The summed E-state index contributed by atoms with van der Waals surface area (Å²) in [6, 6.07) is 16.6. The van der Waals surface area contributed by atoms with Crippen molar-refractivity contribution in [2.75, 3.05) is 6.61 Å². The molecule has 0 saturated heterocycles. The minimum absolute atomic E-state index is 0.215. The Balaban J connectivity index is 0.000000564. The van der Waals surface area contributed by atoms with Crippen molar-refractivity contribution in [3.05, 3.63) is 71.8 Å². The van der Waals surface area contributed by atoms with Crippen LogP contribution in [0.3, 0.4) is 0 Å². The third kappa shape index (κ3) is 15.3. The molecule has 0 amide bonds. The molecular weight excluding hydrogens is 456 g/mol. The number of aromatic carboxylic acids is 2. The highest BCUT2D eigenvalue weighted by atomic mass is 16.4. The Morgan fingerprint density at radius 1 is 0.694 bits per heavy atom. The lowest BCUT2D eigenvalue weighted by Gasteiger charge is -2.30. The van der Waals surface area contributed by atoms with Gasteiger partial charge >= 0.3 is 11.9 Å². The first-order chi connectivity index (χ1) is 17.0. The van der Waals surface area contributed by atoms with E-state index in [9.17, 15) is 19.8 Å². The first kappa shape index (κ1) is 33.3. The minimum atomic E-state index is -0.879. The molecule has 202 valence electrons. The fourth-order valence-electron chi connectivity index (χ4n) is 3.72. The van der Waals surface area contributed by atoms with Gasteiger partial charge in [0.1, 0.15) is 0 Å². The first-order valence-electron chi connectivity index (χ1n) is 12.9. The van der Waals surface area contributed by atoms with Gasteiger partial charge < -0.3 is 20.4 Å². The van der Waals surface area contributed by atoms with E-state index >= 15 is 0 Å². The summed E-state index contributed by atoms with van der Waals surface area (Å²) in [5.74, 6) is 0.109. The molecule has 4 N–H and O–H groups in total. The van der Waals surface area contributed by atoms with Gasteiger partial charge in [0.15, 0.2) is 0 Å². The second kappa shape index (κ2) is 19.5. The fourth-order valence-corrected chi connectivity index (χ4v) is 3.72. The second-order valence-electron chi connectivity index (χ2n) is 9.87. The van der Waals surface area contributed by atoms with E-state index < -0.39 is 11.9 Å². The van der Waals surface area contributed by atoms with Crippen LogP contribution in [-0.2, 0) is 0 Å². The zero-order chi connectivity index (χ0) is 27.5. The zero-order valence-electron chi connectivity index (χ0n) is 22.5. The number of aliphatic hydroxyl groups is 2. The van der Waals surface area contributed by atoms with Gasteiger partial charge in [0.25, 0.3) is 0 Å². The molecule has 6 nitrogen and oxygen atoms in total. The normalized spacial score (nSPS) is 13.0. The van der Waals surface area contributed by atoms with E-state index in [1.807, 2.05) is 6.92 Å². The molecule has 2 aromatic rings. The molecule has 0 aliphatic heterocycles. The first-order valence-corrected chi connectivity index (χ1v) is 12.9. The van der Waals surface area contributed by atoms with Gasteiger partial charge in [-0.2, -0.15) is 0 Å². The smallest absolute Gasteiger partial charge is 0.335 e. The van der Waals surface area contributed by atoms with Crippen LogP contribution in [0.4, 0.5) is 0 Å². The molecule has 0 aromatic heterocycles. The van der Waals surface area contributed by atoms with Crippen molar-refractivity contribution in [3.8, 4) is 0 Å². The molecule has 3 unspecified atom stereocenters. The molecule has 0 bridgehead atoms. The topological polar surface area (TPSA) is 115 Å². The number of aliphatic hydroxyl groups excluding tert-OH is 2. The van der Waals surface area contributed by atoms with E-state index in [4.69, 9.17) is 10.2 Å². The summed E-state index contributed by atoms with van der Waals surface area (Å²) in [7, 11) is 0. The van der Waals surface area contributed by atoms with Crippen molar-refractivity contribution >= 4 is 11.9 Å². The third-order valence-corrected chi connectivity index (χ3v) is 5.99. The molecule has 0 fully saturated rings. The van der Waals surface area contributed by atoms with Gasteiger partial charge in [-0.25, -0.2) is 9.59 Å². The number of carboxylic acid groups (broad SMARTS) is 2. The quantitative estimate of drug-likeness (QED) is 0.259. The lowest BCUT2D eigenvalue weighted by atomic mass is 9.79. The SMILES string of the molecule is CCC(O)C(CCC(C)C)C(CO)CCC(C)C.O=C(O)c1ccccc1.O=C(O)c1ccccc1. The molecule has 0 spiro atoms. The lowest BCUT2D eigenvalue weighted by molar-refractivity contribution is 0.0324. The molecule has 2 aromatic carbocycles. The molecule has 0 heterocycles. The Hall–Kier alpha value is -2.70. The van der Waals surface area contributed by atoms with Gasteiger partial charge in [0, 0.05) is 6.61 Å². The summed E-state index contributed by atoms with van der Waals surface area (Å²) in [5.41, 5.74) is 0.662. The Morgan fingerprint density at radius 2 is 1.08 bits per heavy atom. The van der Waals surface area contributed by atoms with Crippen LogP contribution < -0.4 is 0 Å². The average Bonchev–Trinajstić information content (AvgIpc) is 2.87. The monoisotopic (exact) mass is 502 g/mol. The number of carbonyl (C=O) groups is 2. The molecule has 0 aliphatic rings. The van der Waals surface area contributed by atoms with Gasteiger partial charge in [-0.3, -0.25) is 0 Å². The standard InChI is InChI=1S/C16H34O2.2C7H6O2/c1-6-16(18)15(10-8-13(4)5)14(11-17)9-7-12(2)3;2*8-7(9)6-4-2-1-3-5-6/h12-18H,6-11H2,1-5H3;2*1-5H,(H,8,9). The highest BCUT2D eigenvalue weighted by Crippen LogP contribution is 2.29. The van der Waals surface area contributed by atoms with Crippen molar-refractivity contribution in [2.24, 2.45) is 23.7 Å². The maximum Gasteiger partial charge on any atom is 0.335 e. The maximum atomic E-state index is 10.2. The Kier molecular flexibility index (Phi) is 18.0. The number of hydrogen-bond acceptors (Lipinski definition) is 4. The van der Waals surface area contributed by atoms with Crippen LogP contribution in [0.1, 0.15) is 87.4 Å².